The lowest BCUT2D eigenvalue weighted by atomic mass is 10.2. The summed E-state index contributed by atoms with van der Waals surface area (Å²) in [5, 5.41) is 7.71. The van der Waals surface area contributed by atoms with Gasteiger partial charge in [0, 0.05) is 29.2 Å². The van der Waals surface area contributed by atoms with Gasteiger partial charge >= 0.3 is 0 Å². The molecular formula is C15H12Cl2N4S. The Morgan fingerprint density at radius 2 is 2.14 bits per heavy atom. The van der Waals surface area contributed by atoms with Crippen LogP contribution in [0.15, 0.2) is 52.0 Å². The minimum atomic E-state index is 0.619. The monoisotopic (exact) mass is 350 g/mol. The zero-order valence-corrected chi connectivity index (χ0v) is 14.0. The predicted molar refractivity (Wildman–Crippen MR) is 93.0 cm³/mol. The van der Waals surface area contributed by atoms with Crippen molar-refractivity contribution in [1.29, 1.82) is 0 Å². The molecule has 0 aliphatic carbocycles. The van der Waals surface area contributed by atoms with Gasteiger partial charge in [0.05, 0.1) is 22.6 Å². The van der Waals surface area contributed by atoms with Gasteiger partial charge in [0.1, 0.15) is 0 Å². The van der Waals surface area contributed by atoms with Gasteiger partial charge < -0.3 is 4.98 Å². The second-order valence-electron chi connectivity index (χ2n) is 4.43. The third kappa shape index (κ3) is 3.02. The van der Waals surface area contributed by atoms with Gasteiger partial charge in [-0.2, -0.15) is 5.10 Å². The second kappa shape index (κ2) is 6.52. The summed E-state index contributed by atoms with van der Waals surface area (Å²) in [7, 11) is 1.73. The highest BCUT2D eigenvalue weighted by atomic mass is 35.5. The highest BCUT2D eigenvalue weighted by molar-refractivity contribution is 7.07. The van der Waals surface area contributed by atoms with Crippen LogP contribution in [0.25, 0.3) is 11.3 Å². The van der Waals surface area contributed by atoms with Crippen molar-refractivity contribution in [3.05, 3.63) is 62.4 Å². The lowest BCUT2D eigenvalue weighted by molar-refractivity contribution is 0.848. The molecule has 3 rings (SSSR count). The van der Waals surface area contributed by atoms with Crippen molar-refractivity contribution in [3.63, 3.8) is 0 Å². The Bertz CT molecular complexity index is 875. The van der Waals surface area contributed by atoms with Crippen LogP contribution in [0.3, 0.4) is 0 Å². The molecule has 0 bridgehead atoms. The summed E-state index contributed by atoms with van der Waals surface area (Å²) in [6.07, 6.45) is 3.59. The first-order valence-corrected chi connectivity index (χ1v) is 8.09. The minimum absolute atomic E-state index is 0.619. The molecule has 0 saturated heterocycles. The summed E-state index contributed by atoms with van der Waals surface area (Å²) < 4.78 is 1.75. The lowest BCUT2D eigenvalue weighted by Gasteiger charge is -2.06. The summed E-state index contributed by atoms with van der Waals surface area (Å²) in [6.45, 7) is 0. The summed E-state index contributed by atoms with van der Waals surface area (Å²) in [5.41, 5.74) is 2.58. The number of halogens is 2. The van der Waals surface area contributed by atoms with Gasteiger partial charge in [-0.25, -0.2) is 4.68 Å². The zero-order chi connectivity index (χ0) is 15.5. The Morgan fingerprint density at radius 3 is 2.86 bits per heavy atom. The van der Waals surface area contributed by atoms with Crippen LogP contribution in [0.1, 0.15) is 5.69 Å². The van der Waals surface area contributed by atoms with Crippen LogP contribution < -0.4 is 4.80 Å². The Hall–Kier alpha value is -1.82. The fraction of sp³-hybridized carbons (Fsp3) is 0.0667. The van der Waals surface area contributed by atoms with E-state index in [9.17, 15) is 0 Å². The molecule has 112 valence electrons. The van der Waals surface area contributed by atoms with Crippen molar-refractivity contribution in [2.45, 2.75) is 0 Å². The third-order valence-electron chi connectivity index (χ3n) is 3.02. The molecule has 0 atom stereocenters. The Balaban J connectivity index is 2.13. The molecule has 22 heavy (non-hydrogen) atoms. The SMILES string of the molecule is CN=c1scc(-c2cc(Cl)ccc2Cl)n1N=Cc1ccc[nH]1. The maximum Gasteiger partial charge on any atom is 0.205 e. The van der Waals surface area contributed by atoms with Crippen molar-refractivity contribution in [2.75, 3.05) is 7.05 Å². The van der Waals surface area contributed by atoms with E-state index >= 15 is 0 Å². The summed E-state index contributed by atoms with van der Waals surface area (Å²) in [5.74, 6) is 0. The van der Waals surface area contributed by atoms with Crippen molar-refractivity contribution in [3.8, 4) is 11.3 Å². The smallest absolute Gasteiger partial charge is 0.205 e. The number of thiazole rings is 1. The van der Waals surface area contributed by atoms with E-state index in [0.29, 0.717) is 10.0 Å². The van der Waals surface area contributed by atoms with Crippen LogP contribution in [0.4, 0.5) is 0 Å². The summed E-state index contributed by atoms with van der Waals surface area (Å²) >= 11 is 13.9. The van der Waals surface area contributed by atoms with E-state index in [1.54, 1.807) is 30.1 Å². The molecule has 0 amide bonds. The fourth-order valence-electron chi connectivity index (χ4n) is 1.99. The van der Waals surface area contributed by atoms with Crippen LogP contribution >= 0.6 is 34.5 Å². The van der Waals surface area contributed by atoms with E-state index in [-0.39, 0.29) is 0 Å². The molecule has 2 heterocycles. The van der Waals surface area contributed by atoms with Gasteiger partial charge in [0.15, 0.2) is 0 Å². The van der Waals surface area contributed by atoms with E-state index in [0.717, 1.165) is 21.8 Å². The van der Waals surface area contributed by atoms with Gasteiger partial charge in [0.2, 0.25) is 4.80 Å². The van der Waals surface area contributed by atoms with Crippen molar-refractivity contribution in [1.82, 2.24) is 9.66 Å². The first-order chi connectivity index (χ1) is 10.7. The number of benzene rings is 1. The zero-order valence-electron chi connectivity index (χ0n) is 11.6. The predicted octanol–water partition coefficient (Wildman–Crippen LogP) is 4.26. The minimum Gasteiger partial charge on any atom is -0.360 e. The topological polar surface area (TPSA) is 45.4 Å². The van der Waals surface area contributed by atoms with Crippen LogP contribution in [0.2, 0.25) is 10.0 Å². The van der Waals surface area contributed by atoms with Crippen LogP contribution in [-0.4, -0.2) is 22.9 Å². The van der Waals surface area contributed by atoms with Crippen molar-refractivity contribution >= 4 is 40.8 Å². The number of nitrogens with zero attached hydrogens (tertiary/aromatic N) is 3. The molecule has 7 heteroatoms. The summed E-state index contributed by atoms with van der Waals surface area (Å²) in [6, 6.07) is 9.22. The average molecular weight is 351 g/mol. The fourth-order valence-corrected chi connectivity index (χ4v) is 3.17. The molecule has 1 aromatic carbocycles. The van der Waals surface area contributed by atoms with Gasteiger partial charge in [-0.15, -0.1) is 11.3 Å². The quantitative estimate of drug-likeness (QED) is 0.686. The Labute approximate surface area is 141 Å². The first kappa shape index (κ1) is 15.1. The average Bonchev–Trinajstić information content (AvgIpc) is 3.16. The van der Waals surface area contributed by atoms with E-state index in [2.05, 4.69) is 15.1 Å². The van der Waals surface area contributed by atoms with Crippen LogP contribution in [0, 0.1) is 0 Å². The number of hydrogen-bond donors (Lipinski definition) is 1. The second-order valence-corrected chi connectivity index (χ2v) is 6.11. The number of nitrogens with one attached hydrogen (secondary N) is 1. The molecule has 0 spiro atoms. The van der Waals surface area contributed by atoms with E-state index < -0.39 is 0 Å². The largest absolute Gasteiger partial charge is 0.360 e. The van der Waals surface area contributed by atoms with E-state index in [1.165, 1.54) is 11.3 Å². The van der Waals surface area contributed by atoms with E-state index in [4.69, 9.17) is 23.2 Å². The van der Waals surface area contributed by atoms with Crippen molar-refractivity contribution in [2.24, 2.45) is 10.1 Å². The van der Waals surface area contributed by atoms with Gasteiger partial charge in [-0.05, 0) is 30.3 Å². The first-order valence-electron chi connectivity index (χ1n) is 6.45. The molecule has 0 unspecified atom stereocenters. The molecule has 2 aromatic heterocycles. The number of hydrogen-bond acceptors (Lipinski definition) is 3. The maximum atomic E-state index is 6.30. The standard InChI is InChI=1S/C15H12Cl2N4S/c1-18-15-21(20-8-11-3-2-6-19-11)14(9-22-15)12-7-10(16)4-5-13(12)17/h2-9,19H,1H3. The number of aromatic nitrogens is 2. The van der Waals surface area contributed by atoms with Crippen LogP contribution in [0.5, 0.6) is 0 Å². The highest BCUT2D eigenvalue weighted by Crippen LogP contribution is 2.30. The third-order valence-corrected chi connectivity index (χ3v) is 4.49. The van der Waals surface area contributed by atoms with Crippen molar-refractivity contribution < 1.29 is 0 Å². The number of H-pyrrole nitrogens is 1. The number of rotatable bonds is 3. The lowest BCUT2D eigenvalue weighted by Crippen LogP contribution is -2.11. The Morgan fingerprint density at radius 1 is 1.27 bits per heavy atom. The maximum absolute atomic E-state index is 6.30. The van der Waals surface area contributed by atoms with E-state index in [1.807, 2.05) is 29.8 Å². The number of aromatic amines is 1. The molecule has 0 radical (unpaired) electrons. The van der Waals surface area contributed by atoms with Crippen LogP contribution in [-0.2, 0) is 0 Å². The summed E-state index contributed by atoms with van der Waals surface area (Å²) in [4.78, 5) is 8.10. The molecule has 1 N–H and O–H groups in total. The normalized spacial score (nSPS) is 12.4. The molecule has 3 aromatic rings. The molecule has 0 fully saturated rings. The van der Waals surface area contributed by atoms with Gasteiger partial charge in [0.25, 0.3) is 0 Å². The molecule has 0 saturated carbocycles. The highest BCUT2D eigenvalue weighted by Gasteiger charge is 2.11. The van der Waals surface area contributed by atoms with Gasteiger partial charge in [-0.1, -0.05) is 23.2 Å². The molecule has 0 aliphatic heterocycles. The molecule has 0 aliphatic rings. The van der Waals surface area contributed by atoms with Gasteiger partial charge in [-0.3, -0.25) is 4.99 Å². The Kier molecular flexibility index (Phi) is 4.47. The molecular weight excluding hydrogens is 339 g/mol. The molecule has 4 nitrogen and oxygen atoms in total.